The van der Waals surface area contributed by atoms with E-state index in [0.29, 0.717) is 17.4 Å². The van der Waals surface area contributed by atoms with Crippen LogP contribution >= 0.6 is 0 Å². The van der Waals surface area contributed by atoms with Gasteiger partial charge in [-0.25, -0.2) is 0 Å². The van der Waals surface area contributed by atoms with Crippen LogP contribution in [0.2, 0.25) is 0 Å². The zero-order valence-corrected chi connectivity index (χ0v) is 14.3. The van der Waals surface area contributed by atoms with Gasteiger partial charge in [0.2, 0.25) is 5.91 Å². The number of nitrogens with one attached hydrogen (secondary N) is 1. The van der Waals surface area contributed by atoms with Gasteiger partial charge in [-0.2, -0.15) is 0 Å². The summed E-state index contributed by atoms with van der Waals surface area (Å²) in [5, 5.41) is 14.6. The second-order valence-electron chi connectivity index (χ2n) is 8.46. The van der Waals surface area contributed by atoms with E-state index in [0.717, 1.165) is 37.7 Å². The summed E-state index contributed by atoms with van der Waals surface area (Å²) < 4.78 is 0. The van der Waals surface area contributed by atoms with Crippen molar-refractivity contribution >= 4 is 11.6 Å². The number of hydrogen-bond donors (Lipinski definition) is 1. The molecule has 1 aromatic rings. The van der Waals surface area contributed by atoms with Crippen LogP contribution in [0.1, 0.15) is 56.6 Å². The van der Waals surface area contributed by atoms with E-state index in [9.17, 15) is 14.9 Å². The van der Waals surface area contributed by atoms with Crippen LogP contribution in [0, 0.1) is 28.9 Å². The molecular weight excluding hydrogens is 304 g/mol. The van der Waals surface area contributed by atoms with E-state index < -0.39 is 0 Å². The Kier molecular flexibility index (Phi) is 3.28. The molecule has 5 nitrogen and oxygen atoms in total. The number of nitro groups is 1. The lowest BCUT2D eigenvalue weighted by Crippen LogP contribution is -2.64. The number of rotatable bonds is 3. The molecule has 0 saturated heterocycles. The van der Waals surface area contributed by atoms with E-state index in [1.807, 2.05) is 6.07 Å². The van der Waals surface area contributed by atoms with E-state index in [4.69, 9.17) is 0 Å². The Morgan fingerprint density at radius 3 is 2.50 bits per heavy atom. The average molecular weight is 328 g/mol. The van der Waals surface area contributed by atoms with Crippen LogP contribution in [-0.4, -0.2) is 16.4 Å². The fourth-order valence-electron chi connectivity index (χ4n) is 6.26. The molecule has 1 aromatic carbocycles. The molecule has 4 aliphatic rings. The molecule has 4 fully saturated rings. The van der Waals surface area contributed by atoms with Gasteiger partial charge in [0.1, 0.15) is 0 Å². The first kappa shape index (κ1) is 15.6. The van der Waals surface area contributed by atoms with Crippen molar-refractivity contribution in [2.45, 2.75) is 63.3 Å². The Bertz CT molecular complexity index is 713. The van der Waals surface area contributed by atoms with Gasteiger partial charge in [0.05, 0.1) is 4.92 Å². The lowest BCUT2D eigenvalue weighted by atomic mass is 9.45. The summed E-state index contributed by atoms with van der Waals surface area (Å²) in [5.41, 5.74) is 1.92. The van der Waals surface area contributed by atoms with Crippen molar-refractivity contribution in [2.75, 3.05) is 0 Å². The molecule has 0 aromatic heterocycles. The van der Waals surface area contributed by atoms with Crippen LogP contribution in [0.15, 0.2) is 18.2 Å². The van der Waals surface area contributed by atoms with Gasteiger partial charge in [0, 0.05) is 24.1 Å². The molecule has 5 rings (SSSR count). The largest absolute Gasteiger partial charge is 0.351 e. The van der Waals surface area contributed by atoms with Gasteiger partial charge in [0.25, 0.3) is 5.69 Å². The number of aryl methyl sites for hydroxylation is 1. The fraction of sp³-hybridized carbons (Fsp3) is 0.632. The summed E-state index contributed by atoms with van der Waals surface area (Å²) in [6.45, 7) is 3.39. The standard InChI is InChI=1S/C19H24N2O3/c1-12-3-4-16(6-17(12)21(23)24)18-7-14-5-15(8-18)10-19(9-14,11-18)20-13(2)22/h3-4,6,14-15H,5,7-11H2,1-2H3,(H,20,22)/t14-,15+,18?,19?. The topological polar surface area (TPSA) is 72.2 Å². The van der Waals surface area contributed by atoms with Gasteiger partial charge in [-0.1, -0.05) is 12.1 Å². The fourth-order valence-corrected chi connectivity index (χ4v) is 6.26. The van der Waals surface area contributed by atoms with E-state index in [2.05, 4.69) is 11.4 Å². The molecule has 128 valence electrons. The Morgan fingerprint density at radius 1 is 1.25 bits per heavy atom. The second-order valence-corrected chi connectivity index (χ2v) is 8.46. The molecule has 24 heavy (non-hydrogen) atoms. The van der Waals surface area contributed by atoms with Crippen LogP contribution in [0.3, 0.4) is 0 Å². The van der Waals surface area contributed by atoms with Crippen molar-refractivity contribution < 1.29 is 9.72 Å². The van der Waals surface area contributed by atoms with Gasteiger partial charge in [-0.05, 0) is 68.3 Å². The minimum Gasteiger partial charge on any atom is -0.351 e. The number of amides is 1. The number of carbonyl (C=O) groups is 1. The Morgan fingerprint density at radius 2 is 1.92 bits per heavy atom. The first-order chi connectivity index (χ1) is 11.3. The molecule has 5 heteroatoms. The van der Waals surface area contributed by atoms with Crippen LogP contribution in [0.4, 0.5) is 5.69 Å². The summed E-state index contributed by atoms with van der Waals surface area (Å²) >= 11 is 0. The summed E-state index contributed by atoms with van der Waals surface area (Å²) in [7, 11) is 0. The molecular formula is C19H24N2O3. The zero-order chi connectivity index (χ0) is 17.1. The number of carbonyl (C=O) groups excluding carboxylic acids is 1. The summed E-state index contributed by atoms with van der Waals surface area (Å²) in [6, 6.07) is 5.76. The van der Waals surface area contributed by atoms with Crippen molar-refractivity contribution in [1.82, 2.24) is 5.32 Å². The lowest BCUT2D eigenvalue weighted by molar-refractivity contribution is -0.385. The predicted molar refractivity (Wildman–Crippen MR) is 90.7 cm³/mol. The molecule has 0 radical (unpaired) electrons. The van der Waals surface area contributed by atoms with E-state index in [1.165, 1.54) is 6.42 Å². The highest BCUT2D eigenvalue weighted by Gasteiger charge is 2.58. The molecule has 4 aliphatic carbocycles. The highest BCUT2D eigenvalue weighted by Crippen LogP contribution is 2.62. The highest BCUT2D eigenvalue weighted by molar-refractivity contribution is 5.74. The maximum absolute atomic E-state index is 11.8. The smallest absolute Gasteiger partial charge is 0.272 e. The molecule has 1 N–H and O–H groups in total. The first-order valence-electron chi connectivity index (χ1n) is 8.85. The molecule has 2 unspecified atom stereocenters. The van der Waals surface area contributed by atoms with Crippen molar-refractivity contribution in [1.29, 1.82) is 0 Å². The Balaban J connectivity index is 1.76. The third-order valence-corrected chi connectivity index (χ3v) is 6.52. The predicted octanol–water partition coefficient (Wildman–Crippen LogP) is 3.63. The maximum Gasteiger partial charge on any atom is 0.272 e. The van der Waals surface area contributed by atoms with Crippen molar-refractivity contribution in [3.05, 3.63) is 39.4 Å². The lowest BCUT2D eigenvalue weighted by Gasteiger charge is -2.62. The molecule has 1 amide bonds. The molecule has 4 atom stereocenters. The van der Waals surface area contributed by atoms with Gasteiger partial charge in [-0.3, -0.25) is 14.9 Å². The van der Waals surface area contributed by atoms with Crippen LogP contribution in [0.5, 0.6) is 0 Å². The number of nitro benzene ring substituents is 1. The van der Waals surface area contributed by atoms with Crippen LogP contribution in [0.25, 0.3) is 0 Å². The minimum absolute atomic E-state index is 0.00894. The van der Waals surface area contributed by atoms with E-state index >= 15 is 0 Å². The van der Waals surface area contributed by atoms with Gasteiger partial charge < -0.3 is 5.32 Å². The van der Waals surface area contributed by atoms with Crippen molar-refractivity contribution in [3.63, 3.8) is 0 Å². The van der Waals surface area contributed by atoms with E-state index in [-0.39, 0.29) is 27.5 Å². The number of nitrogens with zero attached hydrogens (tertiary/aromatic N) is 1. The molecule has 4 bridgehead atoms. The van der Waals surface area contributed by atoms with Crippen molar-refractivity contribution in [3.8, 4) is 0 Å². The first-order valence-corrected chi connectivity index (χ1v) is 8.85. The van der Waals surface area contributed by atoms with Crippen LogP contribution < -0.4 is 5.32 Å². The average Bonchev–Trinajstić information content (AvgIpc) is 2.44. The maximum atomic E-state index is 11.8. The number of benzene rings is 1. The molecule has 0 spiro atoms. The Labute approximate surface area is 142 Å². The summed E-state index contributed by atoms with van der Waals surface area (Å²) in [5.74, 6) is 1.29. The van der Waals surface area contributed by atoms with Gasteiger partial charge in [0.15, 0.2) is 0 Å². The monoisotopic (exact) mass is 328 g/mol. The molecule has 0 aliphatic heterocycles. The third kappa shape index (κ3) is 2.33. The van der Waals surface area contributed by atoms with E-state index in [1.54, 1.807) is 19.9 Å². The summed E-state index contributed by atoms with van der Waals surface area (Å²) in [6.07, 6.45) is 6.51. The van der Waals surface area contributed by atoms with Gasteiger partial charge in [-0.15, -0.1) is 0 Å². The Hall–Kier alpha value is -1.91. The quantitative estimate of drug-likeness (QED) is 0.680. The zero-order valence-electron chi connectivity index (χ0n) is 14.3. The van der Waals surface area contributed by atoms with Crippen LogP contribution in [-0.2, 0) is 10.2 Å². The normalized spacial score (nSPS) is 36.6. The SMILES string of the molecule is CC(=O)NC12C[C@H]3C[C@@H](C1)CC(c1ccc(C)c([N+](=O)[O-])c1)(C3)C2. The second kappa shape index (κ2) is 5.04. The minimum atomic E-state index is -0.275. The molecule has 0 heterocycles. The number of hydrogen-bond acceptors (Lipinski definition) is 3. The summed E-state index contributed by atoms with van der Waals surface area (Å²) in [4.78, 5) is 22.8. The highest BCUT2D eigenvalue weighted by atomic mass is 16.6. The molecule has 4 saturated carbocycles. The van der Waals surface area contributed by atoms with Gasteiger partial charge >= 0.3 is 0 Å². The van der Waals surface area contributed by atoms with Crippen molar-refractivity contribution in [2.24, 2.45) is 11.8 Å². The third-order valence-electron chi connectivity index (χ3n) is 6.52.